The molecule has 17 heavy (non-hydrogen) atoms. The molecule has 0 amide bonds. The van der Waals surface area contributed by atoms with Crippen molar-refractivity contribution < 1.29 is 4.74 Å². The highest BCUT2D eigenvalue weighted by Gasteiger charge is 2.03. The molecule has 0 aliphatic heterocycles. The van der Waals surface area contributed by atoms with Crippen molar-refractivity contribution in [3.05, 3.63) is 40.8 Å². The monoisotopic (exact) mass is 293 g/mol. The van der Waals surface area contributed by atoms with Crippen molar-refractivity contribution in [2.45, 2.75) is 6.92 Å². The van der Waals surface area contributed by atoms with Crippen LogP contribution in [0.1, 0.15) is 5.56 Å². The van der Waals surface area contributed by atoms with Gasteiger partial charge in [0, 0.05) is 11.9 Å². The Bertz CT molecular complexity index is 531. The van der Waals surface area contributed by atoms with E-state index < -0.39 is 0 Å². The number of halogens is 1. The predicted octanol–water partition coefficient (Wildman–Crippen LogP) is 3.30. The number of ether oxygens (including phenoxy) is 1. The molecule has 0 radical (unpaired) electrons. The van der Waals surface area contributed by atoms with Crippen molar-refractivity contribution >= 4 is 27.4 Å². The van der Waals surface area contributed by atoms with Gasteiger partial charge in [0.2, 0.25) is 0 Å². The van der Waals surface area contributed by atoms with Crippen molar-refractivity contribution in [2.75, 3.05) is 12.4 Å². The molecule has 0 fully saturated rings. The van der Waals surface area contributed by atoms with Gasteiger partial charge in [-0.1, -0.05) is 0 Å². The molecular formula is C12H12BrN3O. The van der Waals surface area contributed by atoms with Crippen molar-refractivity contribution in [2.24, 2.45) is 0 Å². The van der Waals surface area contributed by atoms with Gasteiger partial charge in [-0.2, -0.15) is 0 Å². The Morgan fingerprint density at radius 2 is 2.18 bits per heavy atom. The number of anilines is 2. The summed E-state index contributed by atoms with van der Waals surface area (Å²) in [5.41, 5.74) is 2.03. The van der Waals surface area contributed by atoms with Gasteiger partial charge >= 0.3 is 0 Å². The number of benzene rings is 1. The van der Waals surface area contributed by atoms with Crippen LogP contribution in [0.4, 0.5) is 11.5 Å². The third-order valence-electron chi connectivity index (χ3n) is 2.33. The van der Waals surface area contributed by atoms with Gasteiger partial charge in [0.1, 0.15) is 17.9 Å². The molecule has 0 aliphatic rings. The van der Waals surface area contributed by atoms with Crippen molar-refractivity contribution in [1.29, 1.82) is 0 Å². The molecule has 0 aliphatic carbocycles. The number of aromatic nitrogens is 2. The molecule has 0 bridgehead atoms. The first kappa shape index (κ1) is 11.9. The highest BCUT2D eigenvalue weighted by atomic mass is 79.9. The van der Waals surface area contributed by atoms with Gasteiger partial charge in [-0.3, -0.25) is 0 Å². The molecule has 2 aromatic rings. The van der Waals surface area contributed by atoms with Crippen LogP contribution in [-0.4, -0.2) is 17.1 Å². The summed E-state index contributed by atoms with van der Waals surface area (Å²) in [5, 5.41) is 3.21. The number of hydrogen-bond donors (Lipinski definition) is 1. The molecule has 0 atom stereocenters. The van der Waals surface area contributed by atoms with Gasteiger partial charge in [-0.05, 0) is 46.6 Å². The van der Waals surface area contributed by atoms with Gasteiger partial charge in [-0.15, -0.1) is 0 Å². The highest BCUT2D eigenvalue weighted by molar-refractivity contribution is 9.10. The SMILES string of the molecule is COc1ccc(Nc2ncncc2Br)cc1C. The van der Waals surface area contributed by atoms with Crippen LogP contribution < -0.4 is 10.1 Å². The van der Waals surface area contributed by atoms with E-state index in [0.717, 1.165) is 27.3 Å². The maximum Gasteiger partial charge on any atom is 0.148 e. The Labute approximate surface area is 108 Å². The fraction of sp³-hybridized carbons (Fsp3) is 0.167. The average Bonchev–Trinajstić information content (AvgIpc) is 2.32. The lowest BCUT2D eigenvalue weighted by atomic mass is 10.2. The summed E-state index contributed by atoms with van der Waals surface area (Å²) in [6.45, 7) is 2.00. The first-order valence-electron chi connectivity index (χ1n) is 5.08. The van der Waals surface area contributed by atoms with E-state index >= 15 is 0 Å². The van der Waals surface area contributed by atoms with Crippen LogP contribution in [0.5, 0.6) is 5.75 Å². The smallest absolute Gasteiger partial charge is 0.148 e. The second-order valence-corrected chi connectivity index (χ2v) is 4.38. The molecule has 0 unspecified atom stereocenters. The van der Waals surface area contributed by atoms with Crippen LogP contribution in [0.3, 0.4) is 0 Å². The summed E-state index contributed by atoms with van der Waals surface area (Å²) in [6.07, 6.45) is 3.20. The van der Waals surface area contributed by atoms with E-state index in [1.54, 1.807) is 13.3 Å². The van der Waals surface area contributed by atoms with E-state index in [1.165, 1.54) is 6.33 Å². The van der Waals surface area contributed by atoms with E-state index in [4.69, 9.17) is 4.74 Å². The maximum atomic E-state index is 5.21. The fourth-order valence-electron chi connectivity index (χ4n) is 1.50. The molecular weight excluding hydrogens is 282 g/mol. The zero-order valence-electron chi connectivity index (χ0n) is 9.57. The van der Waals surface area contributed by atoms with Crippen LogP contribution in [0.15, 0.2) is 35.2 Å². The Kier molecular flexibility index (Phi) is 3.58. The fourth-order valence-corrected chi connectivity index (χ4v) is 1.82. The van der Waals surface area contributed by atoms with Crippen LogP contribution in [0.2, 0.25) is 0 Å². The van der Waals surface area contributed by atoms with Crippen LogP contribution in [0, 0.1) is 6.92 Å². The van der Waals surface area contributed by atoms with Gasteiger partial charge in [0.05, 0.1) is 11.6 Å². The number of hydrogen-bond acceptors (Lipinski definition) is 4. The number of aryl methyl sites for hydroxylation is 1. The van der Waals surface area contributed by atoms with Crippen molar-refractivity contribution in [3.63, 3.8) is 0 Å². The topological polar surface area (TPSA) is 47.0 Å². The zero-order valence-corrected chi connectivity index (χ0v) is 11.2. The lowest BCUT2D eigenvalue weighted by Gasteiger charge is -2.09. The Balaban J connectivity index is 2.25. The molecule has 1 aromatic carbocycles. The normalized spacial score (nSPS) is 10.1. The minimum Gasteiger partial charge on any atom is -0.496 e. The highest BCUT2D eigenvalue weighted by Crippen LogP contribution is 2.26. The van der Waals surface area contributed by atoms with E-state index in [0.29, 0.717) is 0 Å². The van der Waals surface area contributed by atoms with E-state index in [1.807, 2.05) is 25.1 Å². The Morgan fingerprint density at radius 3 is 2.82 bits per heavy atom. The molecule has 4 nitrogen and oxygen atoms in total. The molecule has 2 rings (SSSR count). The zero-order chi connectivity index (χ0) is 12.3. The summed E-state index contributed by atoms with van der Waals surface area (Å²) in [5.74, 6) is 1.61. The van der Waals surface area contributed by atoms with E-state index in [9.17, 15) is 0 Å². The maximum absolute atomic E-state index is 5.21. The predicted molar refractivity (Wildman–Crippen MR) is 70.7 cm³/mol. The molecule has 88 valence electrons. The van der Waals surface area contributed by atoms with Crippen LogP contribution >= 0.6 is 15.9 Å². The molecule has 0 saturated carbocycles. The third-order valence-corrected chi connectivity index (χ3v) is 2.91. The minimum absolute atomic E-state index is 0.740. The second-order valence-electron chi connectivity index (χ2n) is 3.53. The van der Waals surface area contributed by atoms with Gasteiger partial charge in [-0.25, -0.2) is 9.97 Å². The molecule has 5 heteroatoms. The standard InChI is InChI=1S/C12H12BrN3O/c1-8-5-9(3-4-11(8)17-2)16-12-10(13)6-14-7-15-12/h3-7H,1-2H3,(H,14,15,16). The first-order valence-corrected chi connectivity index (χ1v) is 5.87. The molecule has 0 saturated heterocycles. The van der Waals surface area contributed by atoms with Crippen molar-refractivity contribution in [3.8, 4) is 5.75 Å². The van der Waals surface area contributed by atoms with Crippen LogP contribution in [0.25, 0.3) is 0 Å². The van der Waals surface area contributed by atoms with E-state index in [-0.39, 0.29) is 0 Å². The number of nitrogens with one attached hydrogen (secondary N) is 1. The molecule has 1 heterocycles. The molecule has 0 spiro atoms. The van der Waals surface area contributed by atoms with Crippen molar-refractivity contribution in [1.82, 2.24) is 9.97 Å². The van der Waals surface area contributed by atoms with Crippen LogP contribution in [-0.2, 0) is 0 Å². The summed E-state index contributed by atoms with van der Waals surface area (Å²) in [6, 6.07) is 5.88. The lowest BCUT2D eigenvalue weighted by molar-refractivity contribution is 0.412. The second kappa shape index (κ2) is 5.14. The summed E-state index contributed by atoms with van der Waals surface area (Å²) in [7, 11) is 1.66. The van der Waals surface area contributed by atoms with E-state index in [2.05, 4.69) is 31.2 Å². The third kappa shape index (κ3) is 2.74. The quantitative estimate of drug-likeness (QED) is 0.943. The van der Waals surface area contributed by atoms with Gasteiger partial charge in [0.25, 0.3) is 0 Å². The largest absolute Gasteiger partial charge is 0.496 e. The molecule has 1 N–H and O–H groups in total. The minimum atomic E-state index is 0.740. The summed E-state index contributed by atoms with van der Waals surface area (Å²) in [4.78, 5) is 8.06. The number of methoxy groups -OCH3 is 1. The summed E-state index contributed by atoms with van der Waals surface area (Å²) < 4.78 is 6.04. The number of rotatable bonds is 3. The Morgan fingerprint density at radius 1 is 1.35 bits per heavy atom. The summed E-state index contributed by atoms with van der Waals surface area (Å²) >= 11 is 3.39. The Hall–Kier alpha value is -1.62. The van der Waals surface area contributed by atoms with Gasteiger partial charge in [0.15, 0.2) is 0 Å². The average molecular weight is 294 g/mol. The molecule has 1 aromatic heterocycles. The lowest BCUT2D eigenvalue weighted by Crippen LogP contribution is -1.96. The van der Waals surface area contributed by atoms with Gasteiger partial charge < -0.3 is 10.1 Å². The first-order chi connectivity index (χ1) is 8.20. The number of nitrogens with zero attached hydrogens (tertiary/aromatic N) is 2.